The van der Waals surface area contributed by atoms with Crippen molar-refractivity contribution in [3.8, 4) is 5.75 Å². The van der Waals surface area contributed by atoms with Crippen molar-refractivity contribution in [2.45, 2.75) is 59.6 Å². The molecule has 1 atom stereocenters. The topological polar surface area (TPSA) is 102 Å². The lowest BCUT2D eigenvalue weighted by Crippen LogP contribution is -2.51. The number of ether oxygens (including phenoxy) is 1. The molecular weight excluding hydrogens is 360 g/mol. The monoisotopic (exact) mass is 388 g/mol. The molecule has 152 valence electrons. The van der Waals surface area contributed by atoms with Crippen LogP contribution in [0.25, 0.3) is 0 Å². The first-order valence-corrected chi connectivity index (χ1v) is 9.27. The minimum Gasteiger partial charge on any atom is -0.489 e. The second-order valence-corrected chi connectivity index (χ2v) is 7.60. The molecule has 7 nitrogen and oxygen atoms in total. The SMILES string of the molecule is Cc1noc(C)c1COc1ccc(CC(=O)NC(C)(CC(=O)O)C(C)C)cc1. The molecule has 1 amide bonds. The lowest BCUT2D eigenvalue weighted by atomic mass is 9.85. The van der Waals surface area contributed by atoms with Gasteiger partial charge >= 0.3 is 5.97 Å². The van der Waals surface area contributed by atoms with Gasteiger partial charge in [-0.15, -0.1) is 0 Å². The number of carboxylic acid groups (broad SMARTS) is 1. The fourth-order valence-electron chi connectivity index (χ4n) is 2.82. The van der Waals surface area contributed by atoms with E-state index in [0.29, 0.717) is 12.4 Å². The summed E-state index contributed by atoms with van der Waals surface area (Å²) in [6, 6.07) is 7.26. The summed E-state index contributed by atoms with van der Waals surface area (Å²) in [6.07, 6.45) is 0.0525. The Morgan fingerprint density at radius 2 is 1.89 bits per heavy atom. The van der Waals surface area contributed by atoms with Crippen LogP contribution in [0.5, 0.6) is 5.75 Å². The molecule has 1 heterocycles. The first-order chi connectivity index (χ1) is 13.1. The highest BCUT2D eigenvalue weighted by atomic mass is 16.5. The van der Waals surface area contributed by atoms with Crippen LogP contribution in [0.4, 0.5) is 0 Å². The van der Waals surface area contributed by atoms with Gasteiger partial charge in [-0.1, -0.05) is 31.1 Å². The zero-order valence-corrected chi connectivity index (χ0v) is 17.0. The van der Waals surface area contributed by atoms with Crippen LogP contribution >= 0.6 is 0 Å². The standard InChI is InChI=1S/C21H28N2O5/c1-13(2)21(5,11-20(25)26)22-19(24)10-16-6-8-17(9-7-16)27-12-18-14(3)23-28-15(18)4/h6-9,13H,10-12H2,1-5H3,(H,22,24)(H,25,26). The molecule has 0 saturated carbocycles. The number of rotatable bonds is 9. The second-order valence-electron chi connectivity index (χ2n) is 7.60. The minimum atomic E-state index is -0.934. The zero-order chi connectivity index (χ0) is 20.9. The van der Waals surface area contributed by atoms with Gasteiger partial charge in [0.15, 0.2) is 0 Å². The molecule has 0 aliphatic rings. The lowest BCUT2D eigenvalue weighted by Gasteiger charge is -2.33. The van der Waals surface area contributed by atoms with Crippen molar-refractivity contribution in [1.29, 1.82) is 0 Å². The van der Waals surface area contributed by atoms with E-state index < -0.39 is 11.5 Å². The molecule has 28 heavy (non-hydrogen) atoms. The van der Waals surface area contributed by atoms with E-state index in [2.05, 4.69) is 10.5 Å². The number of nitrogens with one attached hydrogen (secondary N) is 1. The minimum absolute atomic E-state index is 0.00681. The summed E-state index contributed by atoms with van der Waals surface area (Å²) in [5, 5.41) is 15.9. The van der Waals surface area contributed by atoms with Gasteiger partial charge in [-0.2, -0.15) is 0 Å². The van der Waals surface area contributed by atoms with Crippen LogP contribution in [0.2, 0.25) is 0 Å². The fourth-order valence-corrected chi connectivity index (χ4v) is 2.82. The van der Waals surface area contributed by atoms with Crippen LogP contribution in [-0.2, 0) is 22.6 Å². The first-order valence-electron chi connectivity index (χ1n) is 9.27. The number of amides is 1. The maximum absolute atomic E-state index is 12.4. The van der Waals surface area contributed by atoms with Crippen LogP contribution in [0.1, 0.15) is 49.8 Å². The first kappa shape index (κ1) is 21.5. The van der Waals surface area contributed by atoms with Crippen molar-refractivity contribution >= 4 is 11.9 Å². The molecule has 1 unspecified atom stereocenters. The summed E-state index contributed by atoms with van der Waals surface area (Å²) in [7, 11) is 0. The van der Waals surface area contributed by atoms with E-state index in [1.165, 1.54) is 0 Å². The van der Waals surface area contributed by atoms with Crippen LogP contribution in [0, 0.1) is 19.8 Å². The smallest absolute Gasteiger partial charge is 0.305 e. The van der Waals surface area contributed by atoms with Crippen molar-refractivity contribution in [2.75, 3.05) is 0 Å². The van der Waals surface area contributed by atoms with Gasteiger partial charge in [-0.25, -0.2) is 0 Å². The van der Waals surface area contributed by atoms with Crippen LogP contribution in [0.15, 0.2) is 28.8 Å². The average Bonchev–Trinajstić information content (AvgIpc) is 2.91. The summed E-state index contributed by atoms with van der Waals surface area (Å²) in [4.78, 5) is 23.5. The normalized spacial score (nSPS) is 13.2. The number of aliphatic carboxylic acids is 1. The summed E-state index contributed by atoms with van der Waals surface area (Å²) in [5.74, 6) is 0.271. The number of benzene rings is 1. The molecule has 0 saturated heterocycles. The van der Waals surface area contributed by atoms with Gasteiger partial charge < -0.3 is 19.7 Å². The van der Waals surface area contributed by atoms with Gasteiger partial charge in [0, 0.05) is 5.54 Å². The van der Waals surface area contributed by atoms with E-state index in [0.717, 1.165) is 22.6 Å². The highest BCUT2D eigenvalue weighted by Crippen LogP contribution is 2.22. The molecular formula is C21H28N2O5. The number of nitrogens with zero attached hydrogens (tertiary/aromatic N) is 1. The van der Waals surface area contributed by atoms with Crippen LogP contribution in [-0.4, -0.2) is 27.7 Å². The third kappa shape index (κ3) is 5.58. The molecule has 0 bridgehead atoms. The van der Waals surface area contributed by atoms with Gasteiger partial charge in [-0.3, -0.25) is 9.59 Å². The summed E-state index contributed by atoms with van der Waals surface area (Å²) < 4.78 is 10.9. The zero-order valence-electron chi connectivity index (χ0n) is 17.0. The fraction of sp³-hybridized carbons (Fsp3) is 0.476. The largest absolute Gasteiger partial charge is 0.489 e. The summed E-state index contributed by atoms with van der Waals surface area (Å²) in [6.45, 7) is 9.63. The lowest BCUT2D eigenvalue weighted by molar-refractivity contribution is -0.139. The number of aromatic nitrogens is 1. The Balaban J connectivity index is 1.94. The highest BCUT2D eigenvalue weighted by molar-refractivity contribution is 5.80. The number of aryl methyl sites for hydroxylation is 2. The number of hydrogen-bond acceptors (Lipinski definition) is 5. The Labute approximate surface area is 165 Å². The molecule has 7 heteroatoms. The van der Waals surface area contributed by atoms with Gasteiger partial charge in [0.1, 0.15) is 18.1 Å². The van der Waals surface area contributed by atoms with E-state index in [1.807, 2.05) is 39.8 Å². The highest BCUT2D eigenvalue weighted by Gasteiger charge is 2.32. The average molecular weight is 388 g/mol. The van der Waals surface area contributed by atoms with E-state index in [9.17, 15) is 9.59 Å². The molecule has 2 rings (SSSR count). The molecule has 0 spiro atoms. The van der Waals surface area contributed by atoms with E-state index in [1.54, 1.807) is 19.1 Å². The Kier molecular flexibility index (Phi) is 6.83. The van der Waals surface area contributed by atoms with Gasteiger partial charge in [0.2, 0.25) is 5.91 Å². The Bertz CT molecular complexity index is 806. The molecule has 1 aromatic heterocycles. The van der Waals surface area contributed by atoms with Gasteiger partial charge in [0.25, 0.3) is 0 Å². The molecule has 2 aromatic rings. The third-order valence-electron chi connectivity index (χ3n) is 5.07. The Morgan fingerprint density at radius 1 is 1.25 bits per heavy atom. The van der Waals surface area contributed by atoms with Crippen molar-refractivity contribution < 1.29 is 24.0 Å². The Morgan fingerprint density at radius 3 is 2.39 bits per heavy atom. The molecule has 0 fully saturated rings. The number of hydrogen-bond donors (Lipinski definition) is 2. The number of carboxylic acids is 1. The summed E-state index contributed by atoms with van der Waals surface area (Å²) in [5.41, 5.74) is 1.76. The van der Waals surface area contributed by atoms with E-state index >= 15 is 0 Å². The molecule has 1 aromatic carbocycles. The summed E-state index contributed by atoms with van der Waals surface area (Å²) >= 11 is 0. The number of carbonyl (C=O) groups excluding carboxylic acids is 1. The number of carbonyl (C=O) groups is 2. The van der Waals surface area contributed by atoms with Crippen LogP contribution in [0.3, 0.4) is 0 Å². The maximum atomic E-state index is 12.4. The van der Waals surface area contributed by atoms with E-state index in [4.69, 9.17) is 14.4 Å². The van der Waals surface area contributed by atoms with Crippen LogP contribution < -0.4 is 10.1 Å². The Hall–Kier alpha value is -2.83. The van der Waals surface area contributed by atoms with Crippen molar-refractivity contribution in [2.24, 2.45) is 5.92 Å². The molecule has 0 aliphatic carbocycles. The molecule has 2 N–H and O–H groups in total. The quantitative estimate of drug-likeness (QED) is 0.682. The third-order valence-corrected chi connectivity index (χ3v) is 5.07. The van der Waals surface area contributed by atoms with Crippen molar-refractivity contribution in [1.82, 2.24) is 10.5 Å². The second kappa shape index (κ2) is 8.91. The molecule has 0 aliphatic heterocycles. The predicted molar refractivity (Wildman–Crippen MR) is 104 cm³/mol. The van der Waals surface area contributed by atoms with E-state index in [-0.39, 0.29) is 24.7 Å². The van der Waals surface area contributed by atoms with Gasteiger partial charge in [-0.05, 0) is 44.4 Å². The maximum Gasteiger partial charge on any atom is 0.305 e. The van der Waals surface area contributed by atoms with Crippen molar-refractivity contribution in [3.05, 3.63) is 46.8 Å². The van der Waals surface area contributed by atoms with Crippen molar-refractivity contribution in [3.63, 3.8) is 0 Å². The van der Waals surface area contributed by atoms with Gasteiger partial charge in [0.05, 0.1) is 24.1 Å². The molecule has 0 radical (unpaired) electrons. The predicted octanol–water partition coefficient (Wildman–Crippen LogP) is 3.42.